The molecule has 8 heteroatoms. The van der Waals surface area contributed by atoms with Crippen molar-refractivity contribution < 1.29 is 4.79 Å². The zero-order chi connectivity index (χ0) is 22.0. The lowest BCUT2D eigenvalue weighted by molar-refractivity contribution is 0.168. The fourth-order valence-corrected chi connectivity index (χ4v) is 4.05. The lowest BCUT2D eigenvalue weighted by atomic mass is 10.0. The number of carbonyl (C=O) groups is 1. The molecule has 2 aromatic rings. The number of halogens is 2. The van der Waals surface area contributed by atoms with Gasteiger partial charge in [0, 0.05) is 73.9 Å². The quantitative estimate of drug-likeness (QED) is 0.683. The van der Waals surface area contributed by atoms with E-state index in [9.17, 15) is 4.79 Å². The Labute approximate surface area is 188 Å². The SMILES string of the molecule is Cc1nc(C(C)C)nc(N2CCN(C(=O)N(C)C)CC2)c1Cc1ccc(Cl)cc1Cl. The van der Waals surface area contributed by atoms with Gasteiger partial charge in [-0.15, -0.1) is 0 Å². The van der Waals surface area contributed by atoms with Crippen molar-refractivity contribution in [1.82, 2.24) is 19.8 Å². The summed E-state index contributed by atoms with van der Waals surface area (Å²) in [4.78, 5) is 27.8. The standard InChI is InChI=1S/C22H29Cl2N5O/c1-14(2)20-25-15(3)18(12-16-6-7-17(23)13-19(16)24)21(26-20)28-8-10-29(11-9-28)22(30)27(4)5/h6-7,13-14H,8-12H2,1-5H3. The van der Waals surface area contributed by atoms with Gasteiger partial charge in [0.15, 0.2) is 0 Å². The molecular weight excluding hydrogens is 421 g/mol. The molecule has 2 heterocycles. The number of anilines is 1. The summed E-state index contributed by atoms with van der Waals surface area (Å²) in [6.07, 6.45) is 0.631. The van der Waals surface area contributed by atoms with E-state index in [0.29, 0.717) is 29.6 Å². The molecule has 1 aromatic carbocycles. The lowest BCUT2D eigenvalue weighted by Gasteiger charge is -2.37. The number of carbonyl (C=O) groups excluding carboxylic acids is 1. The number of aryl methyl sites for hydroxylation is 1. The summed E-state index contributed by atoms with van der Waals surface area (Å²) < 4.78 is 0. The van der Waals surface area contributed by atoms with Crippen LogP contribution >= 0.6 is 23.2 Å². The van der Waals surface area contributed by atoms with Crippen molar-refractivity contribution in [2.75, 3.05) is 45.2 Å². The summed E-state index contributed by atoms with van der Waals surface area (Å²) in [5, 5.41) is 1.26. The largest absolute Gasteiger partial charge is 0.353 e. The Morgan fingerprint density at radius 2 is 1.80 bits per heavy atom. The maximum Gasteiger partial charge on any atom is 0.319 e. The Morgan fingerprint density at radius 1 is 1.13 bits per heavy atom. The van der Waals surface area contributed by atoms with Crippen LogP contribution in [0.4, 0.5) is 10.6 Å². The van der Waals surface area contributed by atoms with Crippen LogP contribution < -0.4 is 4.90 Å². The molecule has 0 radical (unpaired) electrons. The van der Waals surface area contributed by atoms with Crippen molar-refractivity contribution in [2.24, 2.45) is 0 Å². The summed E-state index contributed by atoms with van der Waals surface area (Å²) in [6.45, 7) is 9.02. The van der Waals surface area contributed by atoms with E-state index in [-0.39, 0.29) is 11.9 Å². The van der Waals surface area contributed by atoms with Crippen molar-refractivity contribution in [1.29, 1.82) is 0 Å². The molecule has 30 heavy (non-hydrogen) atoms. The zero-order valence-corrected chi connectivity index (χ0v) is 19.8. The summed E-state index contributed by atoms with van der Waals surface area (Å²) >= 11 is 12.5. The van der Waals surface area contributed by atoms with E-state index < -0.39 is 0 Å². The van der Waals surface area contributed by atoms with Crippen LogP contribution in [0.15, 0.2) is 18.2 Å². The van der Waals surface area contributed by atoms with Gasteiger partial charge in [0.2, 0.25) is 0 Å². The van der Waals surface area contributed by atoms with Gasteiger partial charge >= 0.3 is 6.03 Å². The first-order valence-electron chi connectivity index (χ1n) is 10.2. The van der Waals surface area contributed by atoms with Crippen LogP contribution in [0.5, 0.6) is 0 Å². The van der Waals surface area contributed by atoms with Crippen LogP contribution in [0.25, 0.3) is 0 Å². The molecular formula is C22H29Cl2N5O. The van der Waals surface area contributed by atoms with Gasteiger partial charge in [-0.3, -0.25) is 0 Å². The lowest BCUT2D eigenvalue weighted by Crippen LogP contribution is -2.52. The Bertz CT molecular complexity index is 924. The number of urea groups is 1. The highest BCUT2D eigenvalue weighted by molar-refractivity contribution is 6.35. The van der Waals surface area contributed by atoms with Crippen LogP contribution in [-0.2, 0) is 6.42 Å². The molecule has 3 rings (SSSR count). The average molecular weight is 450 g/mol. The van der Waals surface area contributed by atoms with Gasteiger partial charge in [-0.25, -0.2) is 14.8 Å². The van der Waals surface area contributed by atoms with Crippen LogP contribution in [0.3, 0.4) is 0 Å². The molecule has 1 saturated heterocycles. The highest BCUT2D eigenvalue weighted by Gasteiger charge is 2.26. The van der Waals surface area contributed by atoms with Crippen molar-refractivity contribution in [3.63, 3.8) is 0 Å². The number of aromatic nitrogens is 2. The molecule has 1 aromatic heterocycles. The maximum atomic E-state index is 12.3. The molecule has 2 amide bonds. The Hall–Kier alpha value is -2.05. The van der Waals surface area contributed by atoms with Crippen molar-refractivity contribution in [3.05, 3.63) is 50.9 Å². The predicted octanol–water partition coefficient (Wildman–Crippen LogP) is 4.61. The molecule has 1 aliphatic heterocycles. The molecule has 0 atom stereocenters. The van der Waals surface area contributed by atoms with E-state index in [0.717, 1.165) is 41.6 Å². The van der Waals surface area contributed by atoms with Gasteiger partial charge in [0.05, 0.1) is 0 Å². The monoisotopic (exact) mass is 449 g/mol. The number of piperazine rings is 1. The van der Waals surface area contributed by atoms with E-state index >= 15 is 0 Å². The number of nitrogens with zero attached hydrogens (tertiary/aromatic N) is 5. The zero-order valence-electron chi connectivity index (χ0n) is 18.2. The third-order valence-corrected chi connectivity index (χ3v) is 5.93. The molecule has 0 N–H and O–H groups in total. The first-order valence-corrected chi connectivity index (χ1v) is 11.0. The fraction of sp³-hybridized carbons (Fsp3) is 0.500. The summed E-state index contributed by atoms with van der Waals surface area (Å²) in [5.74, 6) is 2.00. The average Bonchev–Trinajstić information content (AvgIpc) is 2.70. The second kappa shape index (κ2) is 9.40. The second-order valence-corrected chi connectivity index (χ2v) is 9.03. The topological polar surface area (TPSA) is 52.6 Å². The smallest absolute Gasteiger partial charge is 0.319 e. The number of benzene rings is 1. The van der Waals surface area contributed by atoms with Gasteiger partial charge in [-0.1, -0.05) is 43.1 Å². The highest BCUT2D eigenvalue weighted by Crippen LogP contribution is 2.30. The maximum absolute atomic E-state index is 12.3. The van der Waals surface area contributed by atoms with Crippen LogP contribution in [0.2, 0.25) is 10.0 Å². The van der Waals surface area contributed by atoms with Crippen LogP contribution in [0, 0.1) is 6.92 Å². The van der Waals surface area contributed by atoms with E-state index in [4.69, 9.17) is 33.2 Å². The Balaban J connectivity index is 1.93. The Morgan fingerprint density at radius 3 is 2.37 bits per heavy atom. The predicted molar refractivity (Wildman–Crippen MR) is 123 cm³/mol. The van der Waals surface area contributed by atoms with Crippen molar-refractivity contribution in [3.8, 4) is 0 Å². The van der Waals surface area contributed by atoms with E-state index in [1.807, 2.05) is 24.0 Å². The molecule has 0 unspecified atom stereocenters. The minimum absolute atomic E-state index is 0.0459. The molecule has 0 aliphatic carbocycles. The summed E-state index contributed by atoms with van der Waals surface area (Å²) in [7, 11) is 3.57. The minimum atomic E-state index is 0.0459. The number of hydrogen-bond donors (Lipinski definition) is 0. The minimum Gasteiger partial charge on any atom is -0.353 e. The normalized spacial score (nSPS) is 14.4. The van der Waals surface area contributed by atoms with Crippen molar-refractivity contribution in [2.45, 2.75) is 33.1 Å². The molecule has 6 nitrogen and oxygen atoms in total. The summed E-state index contributed by atoms with van der Waals surface area (Å²) in [6, 6.07) is 5.62. The van der Waals surface area contributed by atoms with Crippen LogP contribution in [0.1, 0.15) is 42.4 Å². The van der Waals surface area contributed by atoms with Gasteiger partial charge in [0.25, 0.3) is 0 Å². The third-order valence-electron chi connectivity index (χ3n) is 5.34. The van der Waals surface area contributed by atoms with Crippen LogP contribution in [-0.4, -0.2) is 66.1 Å². The fourth-order valence-electron chi connectivity index (χ4n) is 3.58. The Kier molecular flexibility index (Phi) is 7.09. The van der Waals surface area contributed by atoms with Gasteiger partial charge in [-0.2, -0.15) is 0 Å². The first-order chi connectivity index (χ1) is 14.2. The second-order valence-electron chi connectivity index (χ2n) is 8.19. The highest BCUT2D eigenvalue weighted by atomic mass is 35.5. The third kappa shape index (κ3) is 4.98. The molecule has 1 aliphatic rings. The molecule has 162 valence electrons. The van der Waals surface area contributed by atoms with Gasteiger partial charge in [0.1, 0.15) is 11.6 Å². The number of rotatable bonds is 4. The van der Waals surface area contributed by atoms with E-state index in [2.05, 4.69) is 18.7 Å². The summed E-state index contributed by atoms with van der Waals surface area (Å²) in [5.41, 5.74) is 3.02. The van der Waals surface area contributed by atoms with Gasteiger partial charge < -0.3 is 14.7 Å². The number of hydrogen-bond acceptors (Lipinski definition) is 4. The van der Waals surface area contributed by atoms with E-state index in [1.54, 1.807) is 25.1 Å². The van der Waals surface area contributed by atoms with Crippen molar-refractivity contribution >= 4 is 35.1 Å². The molecule has 0 bridgehead atoms. The molecule has 1 fully saturated rings. The number of amides is 2. The molecule has 0 spiro atoms. The first kappa shape index (κ1) is 22.6. The van der Waals surface area contributed by atoms with E-state index in [1.165, 1.54) is 0 Å². The molecule has 0 saturated carbocycles. The van der Waals surface area contributed by atoms with Gasteiger partial charge in [-0.05, 0) is 24.6 Å².